The molecule has 3 aliphatic rings. The Kier molecular flexibility index (Phi) is 5.43. The summed E-state index contributed by atoms with van der Waals surface area (Å²) < 4.78 is 11.0. The van der Waals surface area contributed by atoms with E-state index in [4.69, 9.17) is 9.47 Å². The predicted molar refractivity (Wildman–Crippen MR) is 129 cm³/mol. The highest BCUT2D eigenvalue weighted by Crippen LogP contribution is 2.37. The van der Waals surface area contributed by atoms with Gasteiger partial charge in [0.25, 0.3) is 5.91 Å². The molecule has 33 heavy (non-hydrogen) atoms. The number of carbonyl (C=O) groups excluding carboxylic acids is 1. The summed E-state index contributed by atoms with van der Waals surface area (Å²) in [7, 11) is 0. The molecular weight excluding hydrogens is 412 g/mol. The molecule has 170 valence electrons. The summed E-state index contributed by atoms with van der Waals surface area (Å²) in [6, 6.07) is 19.2. The Balaban J connectivity index is 1.16. The van der Waals surface area contributed by atoms with Crippen LogP contribution < -0.4 is 9.47 Å². The lowest BCUT2D eigenvalue weighted by Crippen LogP contribution is -2.42. The van der Waals surface area contributed by atoms with Gasteiger partial charge >= 0.3 is 0 Å². The Labute approximate surface area is 194 Å². The van der Waals surface area contributed by atoms with Gasteiger partial charge in [-0.1, -0.05) is 48.9 Å². The standard InChI is InChI=1S/C28H30N2O3/c31-28-25-15-27-26(32-19-33-27)14-22(25)11-13-30(28)17-20-6-3-4-12-29(16-20)18-23-9-5-8-21-7-1-2-10-24(21)23/h1-2,5,7-10,14-15,20H,3-4,6,11-13,16-19H2. The maximum absolute atomic E-state index is 13.3. The molecule has 0 saturated carbocycles. The van der Waals surface area contributed by atoms with Crippen molar-refractivity contribution in [1.82, 2.24) is 9.80 Å². The summed E-state index contributed by atoms with van der Waals surface area (Å²) >= 11 is 0. The lowest BCUT2D eigenvalue weighted by Gasteiger charge is -2.33. The molecule has 5 heteroatoms. The first-order valence-electron chi connectivity index (χ1n) is 12.2. The Morgan fingerprint density at radius 1 is 0.939 bits per heavy atom. The quantitative estimate of drug-likeness (QED) is 0.578. The molecule has 1 atom stereocenters. The first-order valence-corrected chi connectivity index (χ1v) is 12.2. The van der Waals surface area contributed by atoms with E-state index >= 15 is 0 Å². The molecule has 0 aliphatic carbocycles. The third-order valence-electron chi connectivity index (χ3n) is 7.37. The van der Waals surface area contributed by atoms with Crippen LogP contribution in [0.3, 0.4) is 0 Å². The summed E-state index contributed by atoms with van der Waals surface area (Å²) in [6.07, 6.45) is 4.52. The number of rotatable bonds is 4. The number of amides is 1. The first-order chi connectivity index (χ1) is 16.2. The first kappa shape index (κ1) is 20.5. The van der Waals surface area contributed by atoms with Gasteiger partial charge in [-0.25, -0.2) is 0 Å². The summed E-state index contributed by atoms with van der Waals surface area (Å²) in [5, 5.41) is 2.65. The van der Waals surface area contributed by atoms with Crippen LogP contribution in [0, 0.1) is 5.92 Å². The van der Waals surface area contributed by atoms with Crippen molar-refractivity contribution < 1.29 is 14.3 Å². The van der Waals surface area contributed by atoms with Gasteiger partial charge in [-0.05, 0) is 65.8 Å². The molecule has 1 amide bonds. The average molecular weight is 443 g/mol. The molecule has 1 fully saturated rings. The molecule has 5 nitrogen and oxygen atoms in total. The van der Waals surface area contributed by atoms with Crippen LogP contribution in [0.15, 0.2) is 54.6 Å². The molecule has 1 saturated heterocycles. The molecule has 0 spiro atoms. The highest BCUT2D eigenvalue weighted by atomic mass is 16.7. The van der Waals surface area contributed by atoms with Crippen molar-refractivity contribution in [3.05, 3.63) is 71.3 Å². The SMILES string of the molecule is O=C1c2cc3c(cc2CCN1CC1CCCCN(Cc2cccc4ccccc24)C1)OCO3. The van der Waals surface area contributed by atoms with Gasteiger partial charge in [0.15, 0.2) is 11.5 Å². The van der Waals surface area contributed by atoms with Crippen LogP contribution in [0.5, 0.6) is 11.5 Å². The third kappa shape index (κ3) is 4.06. The zero-order chi connectivity index (χ0) is 22.2. The van der Waals surface area contributed by atoms with Crippen LogP contribution >= 0.6 is 0 Å². The third-order valence-corrected chi connectivity index (χ3v) is 7.37. The van der Waals surface area contributed by atoms with E-state index < -0.39 is 0 Å². The molecule has 3 aromatic rings. The maximum atomic E-state index is 13.3. The van der Waals surface area contributed by atoms with Gasteiger partial charge in [0.2, 0.25) is 6.79 Å². The molecular formula is C28H30N2O3. The number of carbonyl (C=O) groups is 1. The van der Waals surface area contributed by atoms with Crippen LogP contribution in [-0.4, -0.2) is 48.7 Å². The van der Waals surface area contributed by atoms with E-state index in [-0.39, 0.29) is 12.7 Å². The minimum atomic E-state index is 0.138. The van der Waals surface area contributed by atoms with Crippen LogP contribution in [0.25, 0.3) is 10.8 Å². The molecule has 6 rings (SSSR count). The molecule has 3 heterocycles. The normalized spacial score (nSPS) is 20.7. The van der Waals surface area contributed by atoms with E-state index in [0.717, 1.165) is 56.0 Å². The second kappa shape index (κ2) is 8.71. The van der Waals surface area contributed by atoms with E-state index in [1.807, 2.05) is 12.1 Å². The van der Waals surface area contributed by atoms with Gasteiger partial charge in [0.05, 0.1) is 0 Å². The van der Waals surface area contributed by atoms with Gasteiger partial charge in [-0.2, -0.15) is 0 Å². The lowest BCUT2D eigenvalue weighted by molar-refractivity contribution is 0.0694. The number of nitrogens with zero attached hydrogens (tertiary/aromatic N) is 2. The Hall–Kier alpha value is -3.05. The van der Waals surface area contributed by atoms with Crippen molar-refractivity contribution in [3.8, 4) is 11.5 Å². The van der Waals surface area contributed by atoms with Crippen LogP contribution in [0.2, 0.25) is 0 Å². The van der Waals surface area contributed by atoms with Crippen molar-refractivity contribution in [3.63, 3.8) is 0 Å². The minimum absolute atomic E-state index is 0.138. The van der Waals surface area contributed by atoms with Crippen molar-refractivity contribution >= 4 is 16.7 Å². The van der Waals surface area contributed by atoms with Gasteiger partial charge in [0.1, 0.15) is 0 Å². The highest BCUT2D eigenvalue weighted by molar-refractivity contribution is 5.97. The van der Waals surface area contributed by atoms with Crippen molar-refractivity contribution in [2.24, 2.45) is 5.92 Å². The number of likely N-dealkylation sites (tertiary alicyclic amines) is 1. The summed E-state index contributed by atoms with van der Waals surface area (Å²) in [5.74, 6) is 2.10. The molecule has 3 aromatic carbocycles. The number of benzene rings is 3. The summed E-state index contributed by atoms with van der Waals surface area (Å²) in [6.45, 7) is 4.99. The fourth-order valence-corrected chi connectivity index (χ4v) is 5.68. The van der Waals surface area contributed by atoms with Gasteiger partial charge < -0.3 is 14.4 Å². The molecule has 3 aliphatic heterocycles. The van der Waals surface area contributed by atoms with E-state index in [0.29, 0.717) is 11.7 Å². The average Bonchev–Trinajstić information content (AvgIpc) is 3.18. The fraction of sp³-hybridized carbons (Fsp3) is 0.393. The largest absolute Gasteiger partial charge is 0.454 e. The molecule has 0 radical (unpaired) electrons. The van der Waals surface area contributed by atoms with Gasteiger partial charge in [-0.3, -0.25) is 9.69 Å². The number of hydrogen-bond acceptors (Lipinski definition) is 4. The van der Waals surface area contributed by atoms with Crippen molar-refractivity contribution in [2.75, 3.05) is 33.0 Å². The van der Waals surface area contributed by atoms with Gasteiger partial charge in [0, 0.05) is 31.7 Å². The zero-order valence-electron chi connectivity index (χ0n) is 19.0. The van der Waals surface area contributed by atoms with Crippen LogP contribution in [0.4, 0.5) is 0 Å². The second-order valence-electron chi connectivity index (χ2n) is 9.60. The van der Waals surface area contributed by atoms with E-state index in [1.165, 1.54) is 35.6 Å². The van der Waals surface area contributed by atoms with E-state index in [1.54, 1.807) is 0 Å². The van der Waals surface area contributed by atoms with Crippen LogP contribution in [-0.2, 0) is 13.0 Å². The molecule has 1 unspecified atom stereocenters. The smallest absolute Gasteiger partial charge is 0.254 e. The second-order valence-corrected chi connectivity index (χ2v) is 9.60. The van der Waals surface area contributed by atoms with E-state index in [9.17, 15) is 4.79 Å². The molecule has 0 N–H and O–H groups in total. The van der Waals surface area contributed by atoms with Crippen molar-refractivity contribution in [2.45, 2.75) is 32.2 Å². The molecule has 0 bridgehead atoms. The molecule has 0 aromatic heterocycles. The number of ether oxygens (including phenoxy) is 2. The topological polar surface area (TPSA) is 42.0 Å². The summed E-state index contributed by atoms with van der Waals surface area (Å²) in [4.78, 5) is 18.0. The number of fused-ring (bicyclic) bond motifs is 3. The fourth-order valence-electron chi connectivity index (χ4n) is 5.68. The predicted octanol–water partition coefficient (Wildman–Crippen LogP) is 4.87. The monoisotopic (exact) mass is 442 g/mol. The van der Waals surface area contributed by atoms with Crippen LogP contribution in [0.1, 0.15) is 40.7 Å². The van der Waals surface area contributed by atoms with Crippen molar-refractivity contribution in [1.29, 1.82) is 0 Å². The Bertz CT molecular complexity index is 1190. The zero-order valence-corrected chi connectivity index (χ0v) is 19.0. The minimum Gasteiger partial charge on any atom is -0.454 e. The maximum Gasteiger partial charge on any atom is 0.254 e. The number of hydrogen-bond donors (Lipinski definition) is 0. The summed E-state index contributed by atoms with van der Waals surface area (Å²) in [5.41, 5.74) is 3.26. The Morgan fingerprint density at radius 3 is 2.73 bits per heavy atom. The van der Waals surface area contributed by atoms with Gasteiger partial charge in [-0.15, -0.1) is 0 Å². The Morgan fingerprint density at radius 2 is 1.79 bits per heavy atom. The van der Waals surface area contributed by atoms with E-state index in [2.05, 4.69) is 52.3 Å². The highest BCUT2D eigenvalue weighted by Gasteiger charge is 2.30. The lowest BCUT2D eigenvalue weighted by atomic mass is 9.95.